The minimum atomic E-state index is -1.24. The molecule has 4 N–H and O–H groups in total. The summed E-state index contributed by atoms with van der Waals surface area (Å²) in [6, 6.07) is 15.1. The number of anilines is 2. The van der Waals surface area contributed by atoms with Gasteiger partial charge in [0.25, 0.3) is 0 Å². The normalized spacial score (nSPS) is 12.6. The first-order valence-corrected chi connectivity index (χ1v) is 14.3. The number of aromatic nitrogens is 1. The molecule has 0 bridgehead atoms. The van der Waals surface area contributed by atoms with E-state index >= 15 is 0 Å². The number of thiazole rings is 1. The molecule has 0 aliphatic rings. The van der Waals surface area contributed by atoms with E-state index in [0.29, 0.717) is 34.8 Å². The van der Waals surface area contributed by atoms with Crippen LogP contribution >= 0.6 is 23.3 Å². The molecule has 14 heteroatoms. The van der Waals surface area contributed by atoms with E-state index in [1.165, 1.54) is 35.1 Å². The maximum absolute atomic E-state index is 12.6. The monoisotopic (exact) mass is 610 g/mol. The van der Waals surface area contributed by atoms with Gasteiger partial charge in [0.15, 0.2) is 5.13 Å². The Bertz CT molecular complexity index is 1460. The summed E-state index contributed by atoms with van der Waals surface area (Å²) in [6.07, 6.45) is -0.172. The van der Waals surface area contributed by atoms with Crippen molar-refractivity contribution in [3.8, 4) is 0 Å². The van der Waals surface area contributed by atoms with Crippen LogP contribution in [0.2, 0.25) is 0 Å². The zero-order chi connectivity index (χ0) is 30.6. The van der Waals surface area contributed by atoms with Crippen LogP contribution in [0.15, 0.2) is 63.8 Å². The Kier molecular flexibility index (Phi) is 11.9. The summed E-state index contributed by atoms with van der Waals surface area (Å²) in [6.45, 7) is 4.67. The topological polar surface area (TPSA) is 170 Å². The van der Waals surface area contributed by atoms with Crippen LogP contribution in [0.4, 0.5) is 10.8 Å². The summed E-state index contributed by atoms with van der Waals surface area (Å²) >= 11 is 2.67. The number of aldehydes is 1. The molecule has 3 rings (SSSR count). The van der Waals surface area contributed by atoms with Crippen molar-refractivity contribution in [3.05, 3.63) is 71.4 Å². The van der Waals surface area contributed by atoms with Crippen LogP contribution in [-0.2, 0) is 24.0 Å². The molecule has 1 aromatic heterocycles. The van der Waals surface area contributed by atoms with Crippen molar-refractivity contribution in [1.29, 1.82) is 0 Å². The summed E-state index contributed by atoms with van der Waals surface area (Å²) in [5.74, 6) is -2.14. The van der Waals surface area contributed by atoms with Crippen molar-refractivity contribution in [2.24, 2.45) is 4.99 Å². The second-order valence-corrected chi connectivity index (χ2v) is 11.1. The van der Waals surface area contributed by atoms with Gasteiger partial charge in [-0.25, -0.2) is 9.71 Å². The number of carboxylic acids is 1. The standard InChI is InChI=1S/C28H30N6O6S2/c1-17-27(41-28(29-17)31-19(3)37)42-33-18(2)30-26(20-9-5-4-6-10-20)22-11-7-8-12-23(22)34(16-36)14-24(38)32-21(15-35)13-25(39)40/h4-12,15-16,18,21,33H,13-14H2,1-3H3,(H,32,38)(H,39,40)(H,29,31,37)/b30-26-. The van der Waals surface area contributed by atoms with E-state index in [-0.39, 0.29) is 5.91 Å². The van der Waals surface area contributed by atoms with E-state index in [1.807, 2.05) is 44.2 Å². The number of aliphatic imine (C=N–C) groups is 1. The van der Waals surface area contributed by atoms with Crippen LogP contribution in [0.1, 0.15) is 37.1 Å². The van der Waals surface area contributed by atoms with Crippen LogP contribution < -0.4 is 20.3 Å². The van der Waals surface area contributed by atoms with Gasteiger partial charge in [0, 0.05) is 18.1 Å². The number of aliphatic carboxylic acids is 1. The van der Waals surface area contributed by atoms with Gasteiger partial charge in [0.2, 0.25) is 18.2 Å². The summed E-state index contributed by atoms with van der Waals surface area (Å²) in [4.78, 5) is 68.8. The van der Waals surface area contributed by atoms with Crippen molar-refractivity contribution >= 4 is 70.3 Å². The van der Waals surface area contributed by atoms with Gasteiger partial charge in [-0.05, 0) is 31.9 Å². The fraction of sp³-hybridized carbons (Fsp3) is 0.250. The number of carbonyl (C=O) groups excluding carboxylic acids is 4. The molecule has 2 unspecified atom stereocenters. The van der Waals surface area contributed by atoms with E-state index in [1.54, 1.807) is 24.3 Å². The Labute approximate surface area is 250 Å². The Balaban J connectivity index is 1.89. The average molecular weight is 611 g/mol. The third-order valence-electron chi connectivity index (χ3n) is 5.54. The molecule has 2 atom stereocenters. The second kappa shape index (κ2) is 15.6. The number of benzene rings is 2. The van der Waals surface area contributed by atoms with E-state index in [0.717, 1.165) is 15.5 Å². The molecular formula is C28H30N6O6S2. The van der Waals surface area contributed by atoms with Crippen molar-refractivity contribution < 1.29 is 29.1 Å². The van der Waals surface area contributed by atoms with Crippen LogP contribution in [0, 0.1) is 6.92 Å². The number of nitrogens with zero attached hydrogens (tertiary/aromatic N) is 3. The Morgan fingerprint density at radius 3 is 2.45 bits per heavy atom. The third-order valence-corrected chi connectivity index (χ3v) is 7.85. The number of amides is 3. The zero-order valence-electron chi connectivity index (χ0n) is 23.1. The Morgan fingerprint density at radius 2 is 1.81 bits per heavy atom. The van der Waals surface area contributed by atoms with Crippen molar-refractivity contribution in [3.63, 3.8) is 0 Å². The largest absolute Gasteiger partial charge is 0.481 e. The van der Waals surface area contributed by atoms with Crippen LogP contribution in [-0.4, -0.2) is 65.0 Å². The quantitative estimate of drug-likeness (QED) is 0.115. The lowest BCUT2D eigenvalue weighted by Crippen LogP contribution is -2.43. The molecule has 0 fully saturated rings. The lowest BCUT2D eigenvalue weighted by molar-refractivity contribution is -0.138. The minimum Gasteiger partial charge on any atom is -0.481 e. The van der Waals surface area contributed by atoms with Crippen molar-refractivity contribution in [1.82, 2.24) is 15.0 Å². The van der Waals surface area contributed by atoms with Crippen LogP contribution in [0.5, 0.6) is 0 Å². The molecule has 0 radical (unpaired) electrons. The van der Waals surface area contributed by atoms with Gasteiger partial charge in [-0.1, -0.05) is 59.9 Å². The highest BCUT2D eigenvalue weighted by Crippen LogP contribution is 2.31. The number of carboxylic acid groups (broad SMARTS) is 1. The Morgan fingerprint density at radius 1 is 1.12 bits per heavy atom. The number of hydrogen-bond acceptors (Lipinski definition) is 10. The highest BCUT2D eigenvalue weighted by Gasteiger charge is 2.21. The summed E-state index contributed by atoms with van der Waals surface area (Å²) in [7, 11) is 0. The predicted octanol–water partition coefficient (Wildman–Crippen LogP) is 3.01. The third kappa shape index (κ3) is 9.33. The molecule has 3 aromatic rings. The number of nitrogens with one attached hydrogen (secondary N) is 3. The van der Waals surface area contributed by atoms with E-state index < -0.39 is 37.0 Å². The highest BCUT2D eigenvalue weighted by molar-refractivity contribution is 7.99. The number of para-hydroxylation sites is 1. The molecule has 1 heterocycles. The second-order valence-electron chi connectivity index (χ2n) is 8.97. The zero-order valence-corrected chi connectivity index (χ0v) is 24.7. The summed E-state index contributed by atoms with van der Waals surface area (Å²) in [5, 5.41) is 14.5. The molecule has 42 heavy (non-hydrogen) atoms. The molecule has 0 saturated heterocycles. The lowest BCUT2D eigenvalue weighted by atomic mass is 9.99. The van der Waals surface area contributed by atoms with Gasteiger partial charge in [-0.15, -0.1) is 0 Å². The van der Waals surface area contributed by atoms with Crippen LogP contribution in [0.3, 0.4) is 0 Å². The van der Waals surface area contributed by atoms with Gasteiger partial charge in [0.1, 0.15) is 23.2 Å². The number of hydrogen-bond donors (Lipinski definition) is 4. The first-order chi connectivity index (χ1) is 20.1. The van der Waals surface area contributed by atoms with Crippen molar-refractivity contribution in [2.45, 2.75) is 43.6 Å². The van der Waals surface area contributed by atoms with E-state index in [4.69, 9.17) is 10.1 Å². The van der Waals surface area contributed by atoms with Crippen LogP contribution in [0.25, 0.3) is 0 Å². The summed E-state index contributed by atoms with van der Waals surface area (Å²) < 4.78 is 4.13. The van der Waals surface area contributed by atoms with Gasteiger partial charge < -0.3 is 25.4 Å². The molecule has 220 valence electrons. The number of aryl methyl sites for hydroxylation is 1. The molecule has 0 aliphatic carbocycles. The maximum atomic E-state index is 12.6. The van der Waals surface area contributed by atoms with Gasteiger partial charge in [0.05, 0.1) is 29.6 Å². The number of carbonyl (C=O) groups is 5. The predicted molar refractivity (Wildman–Crippen MR) is 162 cm³/mol. The maximum Gasteiger partial charge on any atom is 0.305 e. The van der Waals surface area contributed by atoms with Gasteiger partial charge in [-0.2, -0.15) is 0 Å². The van der Waals surface area contributed by atoms with Gasteiger partial charge in [-0.3, -0.25) is 24.2 Å². The first kappa shape index (κ1) is 32.1. The molecule has 0 aliphatic heterocycles. The Hall–Kier alpha value is -4.40. The van der Waals surface area contributed by atoms with Crippen molar-refractivity contribution in [2.75, 3.05) is 16.8 Å². The smallest absolute Gasteiger partial charge is 0.305 e. The van der Waals surface area contributed by atoms with Gasteiger partial charge >= 0.3 is 5.97 Å². The fourth-order valence-electron chi connectivity index (χ4n) is 3.77. The first-order valence-electron chi connectivity index (χ1n) is 12.7. The molecule has 0 saturated carbocycles. The van der Waals surface area contributed by atoms with E-state index in [2.05, 4.69) is 20.3 Å². The fourth-order valence-corrected chi connectivity index (χ4v) is 5.59. The molecule has 12 nitrogen and oxygen atoms in total. The summed E-state index contributed by atoms with van der Waals surface area (Å²) in [5.41, 5.74) is 3.04. The SMILES string of the molecule is CC(=O)Nc1nc(C)c(SNC(C)/N=C(/c2ccccc2)c2ccccc2N(C=O)CC(=O)NC(C=O)CC(=O)O)s1. The molecule has 2 aromatic carbocycles. The molecular weight excluding hydrogens is 580 g/mol. The molecule has 0 spiro atoms. The molecule has 3 amide bonds. The average Bonchev–Trinajstić information content (AvgIpc) is 3.31. The minimum absolute atomic E-state index is 0.205. The lowest BCUT2D eigenvalue weighted by Gasteiger charge is -2.23. The van der Waals surface area contributed by atoms with E-state index in [9.17, 15) is 24.0 Å². The highest BCUT2D eigenvalue weighted by atomic mass is 32.2. The number of rotatable bonds is 15.